The molecular weight excluding hydrogens is 1150 g/mol. The van der Waals surface area contributed by atoms with Crippen LogP contribution >= 0.6 is 0 Å². The Morgan fingerprint density at radius 2 is 0.295 bits per heavy atom. The molecule has 2 radical (unpaired) electrons. The summed E-state index contributed by atoms with van der Waals surface area (Å²) in [5.74, 6) is -1.07. The summed E-state index contributed by atoms with van der Waals surface area (Å²) >= 11 is 0. The molecule has 0 saturated heterocycles. The topological polar surface area (TPSA) is 6.48 Å². The standard InChI is InChI=1S/C93H72N2/c1-13-37-68(38-14-1)86(69-39-15-2-16-40-69)80-63-82(88(72-45-21-5-22-46-72)73-47-23-6-24-48-73)92(83(64-80)89(74-49-25-7-26-50-74)75-51-27-8-28-52-75)94-61-62-95(67-94)93-84(90(76-53-29-9-30-54-76)77-55-31-10-32-56-77)65-81(87(70-41-17-3-18-42-70)71-43-19-4-20-44-71)66-85(93)91(78-57-33-11-34-58-78)79-59-35-12-36-60-79/h1-66,86-91H. The number of hydrogen-bond acceptors (Lipinski definition) is 2. The maximum atomic E-state index is 4.30. The van der Waals surface area contributed by atoms with Crippen molar-refractivity contribution < 1.29 is 0 Å². The van der Waals surface area contributed by atoms with Crippen LogP contribution in [0.5, 0.6) is 0 Å². The van der Waals surface area contributed by atoms with Crippen molar-refractivity contribution in [3.63, 3.8) is 0 Å². The molecule has 0 unspecified atom stereocenters. The second-order valence-corrected chi connectivity index (χ2v) is 24.8. The molecule has 454 valence electrons. The van der Waals surface area contributed by atoms with Crippen LogP contribution in [0.15, 0.2) is 401 Å². The molecule has 2 heteroatoms. The second kappa shape index (κ2) is 28.1. The van der Waals surface area contributed by atoms with Crippen LogP contribution in [0.3, 0.4) is 0 Å². The highest BCUT2D eigenvalue weighted by molar-refractivity contribution is 5.79. The number of anilines is 2. The summed E-state index contributed by atoms with van der Waals surface area (Å²) in [7, 11) is 0. The molecule has 0 spiro atoms. The van der Waals surface area contributed by atoms with Crippen LogP contribution in [0.1, 0.15) is 136 Å². The van der Waals surface area contributed by atoms with E-state index in [1.54, 1.807) is 0 Å². The van der Waals surface area contributed by atoms with E-state index in [-0.39, 0.29) is 35.5 Å². The average Bonchev–Trinajstić information content (AvgIpc) is 1.72. The number of hydrogen-bond donors (Lipinski definition) is 0. The van der Waals surface area contributed by atoms with Crippen LogP contribution in [0.2, 0.25) is 0 Å². The predicted octanol–water partition coefficient (Wildman–Crippen LogP) is 22.6. The van der Waals surface area contributed by atoms with Gasteiger partial charge in [0.25, 0.3) is 0 Å². The molecule has 0 aliphatic carbocycles. The lowest BCUT2D eigenvalue weighted by molar-refractivity contribution is 0.885. The largest absolute Gasteiger partial charge is 0.314 e. The minimum absolute atomic E-state index is 0.109. The molecule has 1 aliphatic heterocycles. The van der Waals surface area contributed by atoms with Crippen LogP contribution < -0.4 is 9.80 Å². The first kappa shape index (κ1) is 59.7. The summed E-state index contributed by atoms with van der Waals surface area (Å²) < 4.78 is 0. The van der Waals surface area contributed by atoms with Gasteiger partial charge in [0.05, 0.1) is 11.4 Å². The van der Waals surface area contributed by atoms with Gasteiger partial charge in [0.15, 0.2) is 0 Å². The van der Waals surface area contributed by atoms with Gasteiger partial charge in [0.2, 0.25) is 6.67 Å². The smallest absolute Gasteiger partial charge is 0.217 e. The average molecular weight is 1220 g/mol. The molecule has 0 atom stereocenters. The van der Waals surface area contributed by atoms with Crippen molar-refractivity contribution in [1.29, 1.82) is 0 Å². The molecule has 1 heterocycles. The fourth-order valence-corrected chi connectivity index (χ4v) is 14.9. The molecule has 14 aromatic carbocycles. The molecular formula is C93H72N2. The molecule has 0 N–H and O–H groups in total. The summed E-state index contributed by atoms with van der Waals surface area (Å²) in [6.07, 6.45) is 4.57. The minimum Gasteiger partial charge on any atom is -0.314 e. The van der Waals surface area contributed by atoms with Gasteiger partial charge < -0.3 is 9.80 Å². The van der Waals surface area contributed by atoms with Crippen molar-refractivity contribution in [2.45, 2.75) is 35.5 Å². The summed E-state index contributed by atoms with van der Waals surface area (Å²) in [5, 5.41) is 0. The monoisotopic (exact) mass is 1220 g/mol. The quantitative estimate of drug-likeness (QED) is 0.0702. The Hall–Kier alpha value is -11.6. The molecule has 1 aliphatic rings. The first-order valence-electron chi connectivity index (χ1n) is 33.2. The van der Waals surface area contributed by atoms with Gasteiger partial charge in [-0.1, -0.05) is 388 Å². The Labute approximate surface area is 560 Å². The van der Waals surface area contributed by atoms with Crippen molar-refractivity contribution in [3.05, 3.63) is 507 Å². The van der Waals surface area contributed by atoms with Crippen molar-refractivity contribution in [2.75, 3.05) is 9.80 Å². The van der Waals surface area contributed by atoms with Gasteiger partial charge >= 0.3 is 0 Å². The lowest BCUT2D eigenvalue weighted by Crippen LogP contribution is -2.26. The second-order valence-electron chi connectivity index (χ2n) is 24.8. The van der Waals surface area contributed by atoms with E-state index in [9.17, 15) is 0 Å². The van der Waals surface area contributed by atoms with Crippen molar-refractivity contribution >= 4 is 11.4 Å². The predicted molar refractivity (Wildman–Crippen MR) is 393 cm³/mol. The highest BCUT2D eigenvalue weighted by Gasteiger charge is 2.38. The van der Waals surface area contributed by atoms with Gasteiger partial charge in [-0.15, -0.1) is 0 Å². The van der Waals surface area contributed by atoms with Gasteiger partial charge in [0, 0.05) is 47.9 Å². The molecule has 0 saturated carbocycles. The third-order valence-corrected chi connectivity index (χ3v) is 19.0. The van der Waals surface area contributed by atoms with E-state index in [4.69, 9.17) is 0 Å². The van der Waals surface area contributed by atoms with Crippen LogP contribution in [0, 0.1) is 6.67 Å². The Balaban J connectivity index is 1.05. The van der Waals surface area contributed by atoms with Crippen molar-refractivity contribution in [1.82, 2.24) is 0 Å². The lowest BCUT2D eigenvalue weighted by atomic mass is 9.75. The number of nitrogens with zero attached hydrogens (tertiary/aromatic N) is 2. The highest BCUT2D eigenvalue weighted by Crippen LogP contribution is 2.53. The third kappa shape index (κ3) is 12.6. The van der Waals surface area contributed by atoms with Crippen molar-refractivity contribution in [3.8, 4) is 0 Å². The molecule has 0 bridgehead atoms. The maximum absolute atomic E-state index is 4.30. The Bertz CT molecular complexity index is 4010. The van der Waals surface area contributed by atoms with Crippen LogP contribution in [0.25, 0.3) is 0 Å². The van der Waals surface area contributed by atoms with Gasteiger partial charge in [-0.05, 0) is 100 Å². The van der Waals surface area contributed by atoms with Gasteiger partial charge in [0.1, 0.15) is 0 Å². The third-order valence-electron chi connectivity index (χ3n) is 19.0. The zero-order valence-corrected chi connectivity index (χ0v) is 53.0. The molecule has 95 heavy (non-hydrogen) atoms. The fraction of sp³-hybridized carbons (Fsp3) is 0.0645. The molecule has 0 amide bonds. The highest BCUT2D eigenvalue weighted by atomic mass is 15.3. The Kier molecular flexibility index (Phi) is 17.7. The first-order valence-corrected chi connectivity index (χ1v) is 33.2. The van der Waals surface area contributed by atoms with Crippen LogP contribution in [-0.4, -0.2) is 0 Å². The fourth-order valence-electron chi connectivity index (χ4n) is 14.9. The van der Waals surface area contributed by atoms with Gasteiger partial charge in [-0.25, -0.2) is 0 Å². The van der Waals surface area contributed by atoms with E-state index in [2.05, 4.69) is 417 Å². The lowest BCUT2D eigenvalue weighted by Gasteiger charge is -2.35. The van der Waals surface area contributed by atoms with Crippen LogP contribution in [-0.2, 0) is 0 Å². The van der Waals surface area contributed by atoms with E-state index in [0.717, 1.165) is 11.4 Å². The van der Waals surface area contributed by atoms with Gasteiger partial charge in [-0.2, -0.15) is 0 Å². The molecule has 14 aromatic rings. The molecule has 2 nitrogen and oxygen atoms in total. The summed E-state index contributed by atoms with van der Waals surface area (Å²) in [5.41, 5.74) is 23.7. The zero-order chi connectivity index (χ0) is 63.5. The molecule has 0 aromatic heterocycles. The summed E-state index contributed by atoms with van der Waals surface area (Å²) in [6, 6.07) is 144. The van der Waals surface area contributed by atoms with Crippen molar-refractivity contribution in [2.24, 2.45) is 0 Å². The summed E-state index contributed by atoms with van der Waals surface area (Å²) in [4.78, 5) is 4.70. The zero-order valence-electron chi connectivity index (χ0n) is 53.0. The normalized spacial score (nSPS) is 12.2. The Morgan fingerprint density at radius 3 is 0.442 bits per heavy atom. The van der Waals surface area contributed by atoms with E-state index in [0.29, 0.717) is 0 Å². The van der Waals surface area contributed by atoms with Gasteiger partial charge in [-0.3, -0.25) is 0 Å². The molecule has 0 fully saturated rings. The van der Waals surface area contributed by atoms with E-state index in [1.165, 1.54) is 100 Å². The van der Waals surface area contributed by atoms with E-state index in [1.807, 2.05) is 0 Å². The van der Waals surface area contributed by atoms with E-state index >= 15 is 0 Å². The SMILES string of the molecule is [C]1N(c2c(C(c3ccccc3)c3ccccc3)cc(C(c3ccccc3)c3ccccc3)cc2C(c2ccccc2)c2ccccc2)C=CN1c1c(C(c2ccccc2)c2ccccc2)cc(C(c2ccccc2)c2ccccc2)cc1C(c1ccccc1)c1ccccc1. The maximum Gasteiger partial charge on any atom is 0.217 e. The van der Waals surface area contributed by atoms with Crippen LogP contribution in [0.4, 0.5) is 11.4 Å². The first-order chi connectivity index (χ1) is 47.2. The number of benzene rings is 14. The number of rotatable bonds is 20. The van der Waals surface area contributed by atoms with E-state index < -0.39 is 0 Å². The Morgan fingerprint density at radius 1 is 0.158 bits per heavy atom. The summed E-state index contributed by atoms with van der Waals surface area (Å²) in [6.45, 7) is 4.30. The minimum atomic E-state index is -0.214. The molecule has 15 rings (SSSR count).